The Kier molecular flexibility index (Phi) is 5.86. The Morgan fingerprint density at radius 1 is 1.32 bits per heavy atom. The van der Waals surface area contributed by atoms with Crippen LogP contribution in [0, 0.1) is 5.92 Å². The Hall–Kier alpha value is -1.73. The van der Waals surface area contributed by atoms with Gasteiger partial charge in [0.25, 0.3) is 0 Å². The van der Waals surface area contributed by atoms with E-state index >= 15 is 0 Å². The Labute approximate surface area is 156 Å². The van der Waals surface area contributed by atoms with Crippen LogP contribution in [0.4, 0.5) is 0 Å². The number of nitrogen functional groups attached to an aromatic ring is 1. The van der Waals surface area contributed by atoms with E-state index in [0.717, 1.165) is 12.0 Å². The van der Waals surface area contributed by atoms with E-state index in [2.05, 4.69) is 22.4 Å². The lowest BCUT2D eigenvalue weighted by molar-refractivity contribution is -0.119. The van der Waals surface area contributed by atoms with Gasteiger partial charge in [-0.05, 0) is 43.0 Å². The van der Waals surface area contributed by atoms with Crippen LogP contribution in [-0.4, -0.2) is 32.6 Å². The zero-order chi connectivity index (χ0) is 17.8. The topological polar surface area (TPSA) is 85.8 Å². The van der Waals surface area contributed by atoms with E-state index in [1.807, 2.05) is 12.1 Å². The Morgan fingerprint density at radius 3 is 2.76 bits per heavy atom. The van der Waals surface area contributed by atoms with Crippen molar-refractivity contribution in [3.8, 4) is 11.4 Å². The maximum atomic E-state index is 12.2. The number of nitrogens with zero attached hydrogens (tertiary/aromatic N) is 3. The largest absolute Gasteiger partial charge is 0.352 e. The summed E-state index contributed by atoms with van der Waals surface area (Å²) in [5.41, 5.74) is 0.826. The maximum absolute atomic E-state index is 12.2. The second-order valence-corrected chi connectivity index (χ2v) is 7.79. The molecule has 3 rings (SSSR count). The van der Waals surface area contributed by atoms with Crippen LogP contribution in [0.2, 0.25) is 5.02 Å². The van der Waals surface area contributed by atoms with Crippen molar-refractivity contribution in [1.29, 1.82) is 0 Å². The van der Waals surface area contributed by atoms with Crippen molar-refractivity contribution in [2.45, 2.75) is 43.8 Å². The van der Waals surface area contributed by atoms with Crippen LogP contribution in [0.1, 0.15) is 32.6 Å². The Morgan fingerprint density at radius 2 is 2.04 bits per heavy atom. The first-order chi connectivity index (χ1) is 12.0. The molecule has 0 radical (unpaired) electrons. The van der Waals surface area contributed by atoms with Gasteiger partial charge in [0.1, 0.15) is 0 Å². The molecule has 0 aliphatic heterocycles. The van der Waals surface area contributed by atoms with Crippen LogP contribution < -0.4 is 11.2 Å². The van der Waals surface area contributed by atoms with Gasteiger partial charge in [-0.15, -0.1) is 10.2 Å². The predicted octanol–water partition coefficient (Wildman–Crippen LogP) is 3.10. The first-order valence-electron chi connectivity index (χ1n) is 8.43. The fraction of sp³-hybridized carbons (Fsp3) is 0.471. The predicted molar refractivity (Wildman–Crippen MR) is 101 cm³/mol. The summed E-state index contributed by atoms with van der Waals surface area (Å²) in [6.07, 6.45) is 4.68. The van der Waals surface area contributed by atoms with E-state index in [1.165, 1.54) is 35.7 Å². The molecule has 0 spiro atoms. The number of rotatable bonds is 5. The lowest BCUT2D eigenvalue weighted by Gasteiger charge is -2.29. The summed E-state index contributed by atoms with van der Waals surface area (Å²) in [6.45, 7) is 2.20. The summed E-state index contributed by atoms with van der Waals surface area (Å²) < 4.78 is 1.41. The molecule has 1 aliphatic rings. The second-order valence-electron chi connectivity index (χ2n) is 6.41. The molecule has 1 fully saturated rings. The monoisotopic (exact) mass is 379 g/mol. The summed E-state index contributed by atoms with van der Waals surface area (Å²) in [5.74, 6) is 7.44. The molecular weight excluding hydrogens is 358 g/mol. The highest BCUT2D eigenvalue weighted by Crippen LogP contribution is 2.25. The molecule has 0 saturated heterocycles. The van der Waals surface area contributed by atoms with Crippen molar-refractivity contribution in [1.82, 2.24) is 20.2 Å². The summed E-state index contributed by atoms with van der Waals surface area (Å²) in [4.78, 5) is 12.2. The number of hydrogen-bond acceptors (Lipinski definition) is 5. The van der Waals surface area contributed by atoms with E-state index in [1.54, 1.807) is 12.1 Å². The van der Waals surface area contributed by atoms with Crippen LogP contribution in [0.15, 0.2) is 29.4 Å². The first kappa shape index (κ1) is 18.1. The smallest absolute Gasteiger partial charge is 0.230 e. The van der Waals surface area contributed by atoms with Crippen molar-refractivity contribution in [2.24, 2.45) is 5.92 Å². The number of halogens is 1. The van der Waals surface area contributed by atoms with Crippen molar-refractivity contribution in [3.05, 3.63) is 29.3 Å². The summed E-state index contributed by atoms with van der Waals surface area (Å²) in [6, 6.07) is 7.50. The third-order valence-corrected chi connectivity index (χ3v) is 5.75. The fourth-order valence-corrected chi connectivity index (χ4v) is 3.87. The minimum Gasteiger partial charge on any atom is -0.352 e. The van der Waals surface area contributed by atoms with Crippen LogP contribution in [0.3, 0.4) is 0 Å². The Balaban J connectivity index is 1.58. The van der Waals surface area contributed by atoms with Crippen molar-refractivity contribution >= 4 is 29.3 Å². The van der Waals surface area contributed by atoms with Gasteiger partial charge in [0.2, 0.25) is 11.1 Å². The van der Waals surface area contributed by atoms with E-state index in [0.29, 0.717) is 21.9 Å². The van der Waals surface area contributed by atoms with Gasteiger partial charge < -0.3 is 11.2 Å². The second kappa shape index (κ2) is 8.10. The number of benzene rings is 1. The highest BCUT2D eigenvalue weighted by molar-refractivity contribution is 7.99. The third-order valence-electron chi connectivity index (χ3n) is 4.56. The summed E-state index contributed by atoms with van der Waals surface area (Å²) >= 11 is 7.19. The van der Waals surface area contributed by atoms with Gasteiger partial charge >= 0.3 is 0 Å². The van der Waals surface area contributed by atoms with Gasteiger partial charge in [-0.2, -0.15) is 0 Å². The molecular formula is C17H22ClN5OS. The molecule has 1 amide bonds. The third kappa shape index (κ3) is 4.46. The van der Waals surface area contributed by atoms with E-state index < -0.39 is 0 Å². The lowest BCUT2D eigenvalue weighted by Crippen LogP contribution is -2.41. The van der Waals surface area contributed by atoms with Crippen molar-refractivity contribution in [3.63, 3.8) is 0 Å². The van der Waals surface area contributed by atoms with E-state index in [9.17, 15) is 4.79 Å². The van der Waals surface area contributed by atoms with Crippen LogP contribution >= 0.6 is 23.4 Å². The molecule has 1 aliphatic carbocycles. The molecule has 8 heteroatoms. The number of aromatic nitrogens is 3. The number of amides is 1. The zero-order valence-electron chi connectivity index (χ0n) is 14.1. The number of carbonyl (C=O) groups excluding carboxylic acids is 1. The standard InChI is InChI=1S/C17H22ClN5OS/c1-11-4-2-3-5-14(11)20-15(24)10-25-17-22-21-16(23(17)19)12-6-8-13(18)9-7-12/h6-9,11,14H,2-5,10,19H2,1H3,(H,20,24)/t11-,14-/m1/s1. The number of carbonyl (C=O) groups is 1. The number of hydrogen-bond donors (Lipinski definition) is 2. The molecule has 2 aromatic rings. The van der Waals surface area contributed by atoms with Crippen LogP contribution in [0.5, 0.6) is 0 Å². The van der Waals surface area contributed by atoms with Gasteiger partial charge in [-0.1, -0.05) is 43.1 Å². The molecule has 1 aromatic carbocycles. The van der Waals surface area contributed by atoms with Crippen molar-refractivity contribution < 1.29 is 4.79 Å². The van der Waals surface area contributed by atoms with Crippen LogP contribution in [0.25, 0.3) is 11.4 Å². The van der Waals surface area contributed by atoms with Gasteiger partial charge in [-0.3, -0.25) is 4.79 Å². The van der Waals surface area contributed by atoms with Gasteiger partial charge in [-0.25, -0.2) is 4.68 Å². The molecule has 0 unspecified atom stereocenters. The molecule has 134 valence electrons. The molecule has 1 aromatic heterocycles. The molecule has 1 saturated carbocycles. The highest BCUT2D eigenvalue weighted by Gasteiger charge is 2.23. The van der Waals surface area contributed by atoms with Crippen molar-refractivity contribution in [2.75, 3.05) is 11.6 Å². The minimum atomic E-state index is 0.0137. The quantitative estimate of drug-likeness (QED) is 0.615. The van der Waals surface area contributed by atoms with Gasteiger partial charge in [0.05, 0.1) is 5.75 Å². The van der Waals surface area contributed by atoms with Crippen LogP contribution in [-0.2, 0) is 4.79 Å². The fourth-order valence-electron chi connectivity index (χ4n) is 3.08. The maximum Gasteiger partial charge on any atom is 0.230 e. The van der Waals surface area contributed by atoms with Gasteiger partial charge in [0, 0.05) is 16.6 Å². The highest BCUT2D eigenvalue weighted by atomic mass is 35.5. The molecule has 1 heterocycles. The lowest BCUT2D eigenvalue weighted by atomic mass is 9.86. The molecule has 6 nitrogen and oxygen atoms in total. The molecule has 0 bridgehead atoms. The van der Waals surface area contributed by atoms with Gasteiger partial charge in [0.15, 0.2) is 5.82 Å². The molecule has 3 N–H and O–H groups in total. The summed E-state index contributed by atoms with van der Waals surface area (Å²) in [7, 11) is 0. The molecule has 2 atom stereocenters. The minimum absolute atomic E-state index is 0.0137. The summed E-state index contributed by atoms with van der Waals surface area (Å²) in [5, 5.41) is 12.5. The number of nitrogens with one attached hydrogen (secondary N) is 1. The first-order valence-corrected chi connectivity index (χ1v) is 9.79. The SMILES string of the molecule is C[C@@H]1CCCC[C@H]1NC(=O)CSc1nnc(-c2ccc(Cl)cc2)n1N. The Bertz CT molecular complexity index is 733. The number of nitrogens with two attached hydrogens (primary N) is 1. The van der Waals surface area contributed by atoms with E-state index in [-0.39, 0.29) is 17.7 Å². The number of thioether (sulfide) groups is 1. The average molecular weight is 380 g/mol. The normalized spacial score (nSPS) is 20.4. The molecule has 25 heavy (non-hydrogen) atoms. The van der Waals surface area contributed by atoms with E-state index in [4.69, 9.17) is 17.4 Å². The average Bonchev–Trinajstić information content (AvgIpc) is 2.97. The zero-order valence-corrected chi connectivity index (χ0v) is 15.7.